The highest BCUT2D eigenvalue weighted by atomic mass is 19.3. The first-order valence-electron chi connectivity index (χ1n) is 6.21. The molecule has 1 aliphatic heterocycles. The molecule has 0 N–H and O–H groups in total. The molecule has 2 heterocycles. The van der Waals surface area contributed by atoms with E-state index in [4.69, 9.17) is 0 Å². The standard InChI is InChI=1S/C13H16F2N2/c14-13(15)6-8-17(9-13)11-5-1-3-10-4-2-7-16-12(10)11/h2,4,7,11H,1,3,5-6,8-9H2/t11-/m0/s1. The third-order valence-electron chi connectivity index (χ3n) is 3.81. The first-order chi connectivity index (χ1) is 8.16. The molecule has 0 saturated carbocycles. The van der Waals surface area contributed by atoms with E-state index in [1.165, 1.54) is 5.56 Å². The summed E-state index contributed by atoms with van der Waals surface area (Å²) in [6.07, 6.45) is 4.83. The molecule has 0 bridgehead atoms. The Morgan fingerprint density at radius 2 is 2.29 bits per heavy atom. The molecule has 1 atom stereocenters. The van der Waals surface area contributed by atoms with Crippen molar-refractivity contribution in [3.8, 4) is 0 Å². The van der Waals surface area contributed by atoms with Gasteiger partial charge in [0, 0.05) is 19.2 Å². The molecule has 1 aromatic rings. The Hall–Kier alpha value is -1.03. The Kier molecular flexibility index (Phi) is 2.62. The molecule has 92 valence electrons. The average Bonchev–Trinajstić information content (AvgIpc) is 2.69. The third kappa shape index (κ3) is 2.06. The average molecular weight is 238 g/mol. The molecular formula is C13H16F2N2. The number of fused-ring (bicyclic) bond motifs is 1. The van der Waals surface area contributed by atoms with Gasteiger partial charge in [-0.3, -0.25) is 9.88 Å². The van der Waals surface area contributed by atoms with Crippen molar-refractivity contribution in [3.63, 3.8) is 0 Å². The van der Waals surface area contributed by atoms with E-state index in [-0.39, 0.29) is 19.0 Å². The van der Waals surface area contributed by atoms with E-state index >= 15 is 0 Å². The molecule has 2 nitrogen and oxygen atoms in total. The molecular weight excluding hydrogens is 222 g/mol. The largest absolute Gasteiger partial charge is 0.289 e. The summed E-state index contributed by atoms with van der Waals surface area (Å²) in [5.74, 6) is -2.51. The Bertz CT molecular complexity index is 420. The molecule has 17 heavy (non-hydrogen) atoms. The zero-order valence-corrected chi connectivity index (χ0v) is 9.70. The molecule has 2 aliphatic rings. The summed E-state index contributed by atoms with van der Waals surface area (Å²) in [6, 6.07) is 4.11. The fourth-order valence-electron chi connectivity index (χ4n) is 2.97. The summed E-state index contributed by atoms with van der Waals surface area (Å²) >= 11 is 0. The van der Waals surface area contributed by atoms with Crippen molar-refractivity contribution in [1.29, 1.82) is 0 Å². The number of alkyl halides is 2. The Balaban J connectivity index is 1.86. The smallest absolute Gasteiger partial charge is 0.261 e. The molecule has 1 aliphatic carbocycles. The van der Waals surface area contributed by atoms with Crippen molar-refractivity contribution < 1.29 is 8.78 Å². The molecule has 0 amide bonds. The monoisotopic (exact) mass is 238 g/mol. The molecule has 0 unspecified atom stereocenters. The van der Waals surface area contributed by atoms with Gasteiger partial charge in [-0.1, -0.05) is 6.07 Å². The van der Waals surface area contributed by atoms with Crippen LogP contribution in [-0.2, 0) is 6.42 Å². The fourth-order valence-corrected chi connectivity index (χ4v) is 2.97. The van der Waals surface area contributed by atoms with Crippen LogP contribution in [0.2, 0.25) is 0 Å². The number of hydrogen-bond donors (Lipinski definition) is 0. The third-order valence-corrected chi connectivity index (χ3v) is 3.81. The summed E-state index contributed by atoms with van der Waals surface area (Å²) in [4.78, 5) is 6.31. The lowest BCUT2D eigenvalue weighted by molar-refractivity contribution is 0.00628. The van der Waals surface area contributed by atoms with Gasteiger partial charge in [0.2, 0.25) is 0 Å². The van der Waals surface area contributed by atoms with Crippen LogP contribution in [0.5, 0.6) is 0 Å². The Morgan fingerprint density at radius 1 is 1.41 bits per heavy atom. The second-order valence-electron chi connectivity index (χ2n) is 5.03. The van der Waals surface area contributed by atoms with E-state index in [1.807, 2.05) is 11.0 Å². The first-order valence-corrected chi connectivity index (χ1v) is 6.21. The summed E-state index contributed by atoms with van der Waals surface area (Å²) < 4.78 is 26.5. The second-order valence-corrected chi connectivity index (χ2v) is 5.03. The molecule has 4 heteroatoms. The number of aromatic nitrogens is 1. The predicted molar refractivity (Wildman–Crippen MR) is 61.1 cm³/mol. The molecule has 1 aromatic heterocycles. The van der Waals surface area contributed by atoms with E-state index in [2.05, 4.69) is 11.1 Å². The van der Waals surface area contributed by atoms with Crippen molar-refractivity contribution in [3.05, 3.63) is 29.6 Å². The van der Waals surface area contributed by atoms with Gasteiger partial charge in [-0.25, -0.2) is 8.78 Å². The number of rotatable bonds is 1. The van der Waals surface area contributed by atoms with Gasteiger partial charge in [0.05, 0.1) is 18.3 Å². The first kappa shape index (κ1) is 11.1. The minimum absolute atomic E-state index is 0.00827. The highest BCUT2D eigenvalue weighted by Crippen LogP contribution is 2.38. The molecule has 1 fully saturated rings. The van der Waals surface area contributed by atoms with Crippen LogP contribution in [-0.4, -0.2) is 28.9 Å². The van der Waals surface area contributed by atoms with Gasteiger partial charge in [-0.2, -0.15) is 0 Å². The fraction of sp³-hybridized carbons (Fsp3) is 0.615. The van der Waals surface area contributed by atoms with Crippen LogP contribution in [0.4, 0.5) is 8.78 Å². The lowest BCUT2D eigenvalue weighted by Gasteiger charge is -2.31. The summed E-state index contributed by atoms with van der Waals surface area (Å²) in [7, 11) is 0. The molecule has 0 aromatic carbocycles. The van der Waals surface area contributed by atoms with Gasteiger partial charge in [-0.05, 0) is 30.9 Å². The van der Waals surface area contributed by atoms with Crippen LogP contribution in [0.1, 0.15) is 36.6 Å². The van der Waals surface area contributed by atoms with Crippen LogP contribution in [0.25, 0.3) is 0 Å². The normalized spacial score (nSPS) is 28.0. The SMILES string of the molecule is FC1(F)CCN([C@H]2CCCc3cccnc32)C1. The second kappa shape index (κ2) is 4.02. The molecule has 3 rings (SSSR count). The topological polar surface area (TPSA) is 16.1 Å². The van der Waals surface area contributed by atoms with Crippen molar-refractivity contribution in [2.75, 3.05) is 13.1 Å². The number of nitrogens with zero attached hydrogens (tertiary/aromatic N) is 2. The number of hydrogen-bond acceptors (Lipinski definition) is 2. The van der Waals surface area contributed by atoms with Crippen LogP contribution >= 0.6 is 0 Å². The van der Waals surface area contributed by atoms with Crippen LogP contribution in [0.3, 0.4) is 0 Å². The summed E-state index contributed by atoms with van der Waals surface area (Å²) in [5, 5.41) is 0. The van der Waals surface area contributed by atoms with Crippen LogP contribution in [0, 0.1) is 0 Å². The van der Waals surface area contributed by atoms with Gasteiger partial charge in [-0.15, -0.1) is 0 Å². The van der Waals surface area contributed by atoms with Gasteiger partial charge in [0.15, 0.2) is 0 Å². The summed E-state index contributed by atoms with van der Waals surface area (Å²) in [6.45, 7) is 0.390. The lowest BCUT2D eigenvalue weighted by Crippen LogP contribution is -2.32. The molecule has 0 radical (unpaired) electrons. The number of likely N-dealkylation sites (tertiary alicyclic amines) is 1. The maximum absolute atomic E-state index is 13.3. The maximum atomic E-state index is 13.3. The molecule has 0 spiro atoms. The summed E-state index contributed by atoms with van der Waals surface area (Å²) in [5.41, 5.74) is 2.26. The number of aryl methyl sites for hydroxylation is 1. The van der Waals surface area contributed by atoms with Crippen molar-refractivity contribution in [2.24, 2.45) is 0 Å². The van der Waals surface area contributed by atoms with Crippen molar-refractivity contribution >= 4 is 0 Å². The van der Waals surface area contributed by atoms with Crippen LogP contribution in [0.15, 0.2) is 18.3 Å². The lowest BCUT2D eigenvalue weighted by atomic mass is 9.91. The molecule has 1 saturated heterocycles. The van der Waals surface area contributed by atoms with Gasteiger partial charge in [0.1, 0.15) is 0 Å². The Morgan fingerprint density at radius 3 is 3.06 bits per heavy atom. The number of pyridine rings is 1. The quantitative estimate of drug-likeness (QED) is 0.748. The highest BCUT2D eigenvalue weighted by molar-refractivity contribution is 5.25. The highest BCUT2D eigenvalue weighted by Gasteiger charge is 2.42. The van der Waals surface area contributed by atoms with Gasteiger partial charge >= 0.3 is 0 Å². The van der Waals surface area contributed by atoms with E-state index in [0.717, 1.165) is 25.0 Å². The minimum atomic E-state index is -2.51. The van der Waals surface area contributed by atoms with E-state index in [0.29, 0.717) is 6.54 Å². The zero-order valence-electron chi connectivity index (χ0n) is 9.70. The van der Waals surface area contributed by atoms with Gasteiger partial charge < -0.3 is 0 Å². The predicted octanol–water partition coefficient (Wildman–Crippen LogP) is 2.80. The van der Waals surface area contributed by atoms with E-state index in [1.54, 1.807) is 6.20 Å². The number of halogens is 2. The van der Waals surface area contributed by atoms with Crippen molar-refractivity contribution in [2.45, 2.75) is 37.6 Å². The van der Waals surface area contributed by atoms with Gasteiger partial charge in [0.25, 0.3) is 5.92 Å². The van der Waals surface area contributed by atoms with E-state index in [9.17, 15) is 8.78 Å². The maximum Gasteiger partial charge on any atom is 0.261 e. The van der Waals surface area contributed by atoms with Crippen molar-refractivity contribution in [1.82, 2.24) is 9.88 Å². The minimum Gasteiger partial charge on any atom is -0.289 e. The zero-order chi connectivity index (χ0) is 11.9. The Labute approximate surface area is 99.6 Å². The van der Waals surface area contributed by atoms with Crippen LogP contribution < -0.4 is 0 Å². The van der Waals surface area contributed by atoms with E-state index < -0.39 is 5.92 Å².